The molecule has 2 aromatic rings. The Hall–Kier alpha value is -2.35. The molecule has 6 nitrogen and oxygen atoms in total. The number of hydroxylamine groups is 1. The van der Waals surface area contributed by atoms with Crippen LogP contribution in [0.3, 0.4) is 0 Å². The van der Waals surface area contributed by atoms with E-state index in [9.17, 15) is 8.42 Å². The van der Waals surface area contributed by atoms with E-state index in [1.54, 1.807) is 24.3 Å². The van der Waals surface area contributed by atoms with Gasteiger partial charge in [-0.1, -0.05) is 44.2 Å². The highest BCUT2D eigenvalue weighted by atomic mass is 32.2. The van der Waals surface area contributed by atoms with Crippen LogP contribution in [0, 0.1) is 0 Å². The summed E-state index contributed by atoms with van der Waals surface area (Å²) in [5.41, 5.74) is 6.18. The molecular weight excluding hydrogens is 374 g/mol. The average Bonchev–Trinajstić information content (AvgIpc) is 3.20. The van der Waals surface area contributed by atoms with Gasteiger partial charge in [0.25, 0.3) is 0 Å². The van der Waals surface area contributed by atoms with Gasteiger partial charge < -0.3 is 4.90 Å². The lowest BCUT2D eigenvalue weighted by Gasteiger charge is -2.39. The standard InChI is InChI=1S/C21H25N3O3S/c1-20(2)17-8-6-7-9-19(17)24(5)21(20)14-18(22-27-21)15-10-12-16(13-11-15)28(25,26)23(3)4/h6-14,22H,1-5H3/t21-/m1/s1. The number of rotatable bonds is 3. The summed E-state index contributed by atoms with van der Waals surface area (Å²) >= 11 is 0. The lowest BCUT2D eigenvalue weighted by atomic mass is 9.77. The molecule has 0 saturated carbocycles. The first-order valence-electron chi connectivity index (χ1n) is 9.14. The van der Waals surface area contributed by atoms with Crippen LogP contribution in [0.25, 0.3) is 5.70 Å². The second kappa shape index (κ2) is 6.07. The third-order valence-corrected chi connectivity index (χ3v) is 7.76. The van der Waals surface area contributed by atoms with Crippen molar-refractivity contribution in [1.82, 2.24) is 9.79 Å². The lowest BCUT2D eigenvalue weighted by molar-refractivity contribution is -0.0678. The first kappa shape index (κ1) is 19.0. The number of likely N-dealkylation sites (N-methyl/N-ethyl adjacent to an activating group) is 1. The Bertz CT molecular complexity index is 1060. The molecule has 0 saturated heterocycles. The molecule has 2 aliphatic heterocycles. The minimum absolute atomic E-state index is 0.265. The normalized spacial score (nSPS) is 23.1. The van der Waals surface area contributed by atoms with E-state index < -0.39 is 15.7 Å². The Kier molecular flexibility index (Phi) is 4.12. The molecule has 2 heterocycles. The second-order valence-electron chi connectivity index (χ2n) is 7.97. The van der Waals surface area contributed by atoms with Crippen LogP contribution < -0.4 is 10.4 Å². The van der Waals surface area contributed by atoms with Crippen molar-refractivity contribution in [2.24, 2.45) is 0 Å². The van der Waals surface area contributed by atoms with E-state index in [2.05, 4.69) is 42.4 Å². The molecular formula is C21H25N3O3S. The maximum atomic E-state index is 12.3. The molecule has 7 heteroatoms. The lowest BCUT2D eigenvalue weighted by Crippen LogP contribution is -2.54. The number of benzene rings is 2. The van der Waals surface area contributed by atoms with Crippen molar-refractivity contribution in [2.75, 3.05) is 26.0 Å². The van der Waals surface area contributed by atoms with E-state index in [0.29, 0.717) is 0 Å². The zero-order valence-electron chi connectivity index (χ0n) is 16.7. The minimum Gasteiger partial charge on any atom is -0.340 e. The fourth-order valence-electron chi connectivity index (χ4n) is 4.11. The average molecular weight is 400 g/mol. The second-order valence-corrected chi connectivity index (χ2v) is 10.1. The molecule has 0 unspecified atom stereocenters. The maximum Gasteiger partial charge on any atom is 0.242 e. The van der Waals surface area contributed by atoms with Crippen LogP contribution >= 0.6 is 0 Å². The first-order valence-corrected chi connectivity index (χ1v) is 10.6. The van der Waals surface area contributed by atoms with Crippen molar-refractivity contribution in [3.05, 3.63) is 65.7 Å². The molecule has 1 N–H and O–H groups in total. The van der Waals surface area contributed by atoms with Gasteiger partial charge in [0.15, 0.2) is 5.72 Å². The summed E-state index contributed by atoms with van der Waals surface area (Å²) in [5.74, 6) is 0. The van der Waals surface area contributed by atoms with Crippen LogP contribution in [0.2, 0.25) is 0 Å². The van der Waals surface area contributed by atoms with E-state index in [1.807, 2.05) is 19.2 Å². The topological polar surface area (TPSA) is 61.9 Å². The molecule has 2 aromatic carbocycles. The molecule has 28 heavy (non-hydrogen) atoms. The Balaban J connectivity index is 1.72. The van der Waals surface area contributed by atoms with E-state index in [0.717, 1.165) is 16.9 Å². The van der Waals surface area contributed by atoms with Crippen molar-refractivity contribution in [3.8, 4) is 0 Å². The SMILES string of the molecule is CN1c2ccccc2C(C)(C)[C@]12C=C(c1ccc(S(=O)(=O)N(C)C)cc1)NO2. The molecule has 0 aliphatic carbocycles. The summed E-state index contributed by atoms with van der Waals surface area (Å²) in [6, 6.07) is 15.1. The quantitative estimate of drug-likeness (QED) is 0.860. The molecule has 0 aromatic heterocycles. The number of nitrogens with zero attached hydrogens (tertiary/aromatic N) is 2. The molecule has 0 amide bonds. The van der Waals surface area contributed by atoms with Crippen LogP contribution in [0.5, 0.6) is 0 Å². The van der Waals surface area contributed by atoms with Gasteiger partial charge in [0.2, 0.25) is 10.0 Å². The van der Waals surface area contributed by atoms with Crippen molar-refractivity contribution in [3.63, 3.8) is 0 Å². The van der Waals surface area contributed by atoms with Gasteiger partial charge in [0, 0.05) is 32.2 Å². The summed E-state index contributed by atoms with van der Waals surface area (Å²) in [4.78, 5) is 8.58. The zero-order valence-corrected chi connectivity index (χ0v) is 17.5. The van der Waals surface area contributed by atoms with E-state index >= 15 is 0 Å². The summed E-state index contributed by atoms with van der Waals surface area (Å²) in [6.45, 7) is 4.34. The number of anilines is 1. The molecule has 1 atom stereocenters. The van der Waals surface area contributed by atoms with Gasteiger partial charge in [-0.15, -0.1) is 0 Å². The van der Waals surface area contributed by atoms with Crippen molar-refractivity contribution >= 4 is 21.4 Å². The molecule has 0 radical (unpaired) electrons. The number of hydrogen-bond donors (Lipinski definition) is 1. The Morgan fingerprint density at radius 1 is 1.04 bits per heavy atom. The fraction of sp³-hybridized carbons (Fsp3) is 0.333. The highest BCUT2D eigenvalue weighted by Gasteiger charge is 2.58. The smallest absolute Gasteiger partial charge is 0.242 e. The van der Waals surface area contributed by atoms with Gasteiger partial charge in [-0.05, 0) is 35.4 Å². The van der Waals surface area contributed by atoms with Crippen LogP contribution in [-0.4, -0.2) is 39.6 Å². The molecule has 0 bridgehead atoms. The highest BCUT2D eigenvalue weighted by Crippen LogP contribution is 2.54. The molecule has 0 fully saturated rings. The van der Waals surface area contributed by atoms with Gasteiger partial charge in [-0.2, -0.15) is 0 Å². The Morgan fingerprint density at radius 2 is 1.68 bits per heavy atom. The number of fused-ring (bicyclic) bond motifs is 1. The van der Waals surface area contributed by atoms with Crippen LogP contribution in [0.15, 0.2) is 59.5 Å². The number of nitrogens with one attached hydrogen (secondary N) is 1. The predicted octanol–water partition coefficient (Wildman–Crippen LogP) is 2.94. The van der Waals surface area contributed by atoms with Gasteiger partial charge >= 0.3 is 0 Å². The minimum atomic E-state index is -3.45. The Morgan fingerprint density at radius 3 is 2.29 bits per heavy atom. The molecule has 1 spiro atoms. The monoisotopic (exact) mass is 399 g/mol. The third kappa shape index (κ3) is 2.43. The van der Waals surface area contributed by atoms with Gasteiger partial charge in [-0.25, -0.2) is 17.6 Å². The van der Waals surface area contributed by atoms with Gasteiger partial charge in [0.05, 0.1) is 10.6 Å². The first-order chi connectivity index (χ1) is 13.1. The fourth-order valence-corrected chi connectivity index (χ4v) is 5.01. The zero-order chi connectivity index (χ0) is 20.3. The predicted molar refractivity (Wildman–Crippen MR) is 110 cm³/mol. The summed E-state index contributed by atoms with van der Waals surface area (Å²) in [6.07, 6.45) is 2.09. The van der Waals surface area contributed by atoms with E-state index in [-0.39, 0.29) is 10.3 Å². The summed E-state index contributed by atoms with van der Waals surface area (Å²) in [5, 5.41) is 0. The van der Waals surface area contributed by atoms with E-state index in [4.69, 9.17) is 4.84 Å². The molecule has 148 valence electrons. The number of hydrogen-bond acceptors (Lipinski definition) is 5. The molecule has 2 aliphatic rings. The maximum absolute atomic E-state index is 12.3. The van der Waals surface area contributed by atoms with Gasteiger partial charge in [-0.3, -0.25) is 5.48 Å². The summed E-state index contributed by atoms with van der Waals surface area (Å²) < 4.78 is 25.8. The number of sulfonamides is 1. The van der Waals surface area contributed by atoms with Crippen LogP contribution in [-0.2, 0) is 20.3 Å². The van der Waals surface area contributed by atoms with E-state index in [1.165, 1.54) is 24.0 Å². The highest BCUT2D eigenvalue weighted by molar-refractivity contribution is 7.89. The summed E-state index contributed by atoms with van der Waals surface area (Å²) in [7, 11) is 1.63. The van der Waals surface area contributed by atoms with Crippen molar-refractivity contribution < 1.29 is 13.3 Å². The van der Waals surface area contributed by atoms with Crippen LogP contribution in [0.4, 0.5) is 5.69 Å². The number of para-hydroxylation sites is 1. The van der Waals surface area contributed by atoms with Gasteiger partial charge in [0.1, 0.15) is 0 Å². The van der Waals surface area contributed by atoms with Crippen molar-refractivity contribution in [2.45, 2.75) is 29.9 Å². The largest absolute Gasteiger partial charge is 0.340 e. The van der Waals surface area contributed by atoms with Crippen molar-refractivity contribution in [1.29, 1.82) is 0 Å². The molecule has 4 rings (SSSR count). The Labute approximate surface area is 166 Å². The third-order valence-electron chi connectivity index (χ3n) is 5.93. The van der Waals surface area contributed by atoms with Crippen LogP contribution in [0.1, 0.15) is 25.0 Å².